The van der Waals surface area contributed by atoms with Crippen molar-refractivity contribution >= 4 is 33.3 Å². The summed E-state index contributed by atoms with van der Waals surface area (Å²) in [7, 11) is 1.68. The number of hydrogen-bond acceptors (Lipinski definition) is 5. The molecule has 5 nitrogen and oxygen atoms in total. The van der Waals surface area contributed by atoms with E-state index in [0.29, 0.717) is 17.3 Å². The quantitative estimate of drug-likeness (QED) is 0.695. The van der Waals surface area contributed by atoms with E-state index in [-0.39, 0.29) is 5.82 Å². The van der Waals surface area contributed by atoms with Crippen LogP contribution in [0.1, 0.15) is 0 Å². The minimum absolute atomic E-state index is 0.356. The normalized spacial score (nSPS) is 9.79. The Morgan fingerprint density at radius 3 is 2.89 bits per heavy atom. The summed E-state index contributed by atoms with van der Waals surface area (Å²) in [6, 6.07) is 6.19. The van der Waals surface area contributed by atoms with Gasteiger partial charge in [0, 0.05) is 17.6 Å². The molecule has 1 heterocycles. The third kappa shape index (κ3) is 2.98. The van der Waals surface area contributed by atoms with Crippen molar-refractivity contribution in [2.45, 2.75) is 0 Å². The second-order valence-corrected chi connectivity index (χ2v) is 4.57. The zero-order valence-corrected chi connectivity index (χ0v) is 11.5. The van der Waals surface area contributed by atoms with E-state index in [1.165, 1.54) is 12.4 Å². The van der Waals surface area contributed by atoms with E-state index in [1.54, 1.807) is 36.3 Å². The first-order chi connectivity index (χ1) is 9.11. The van der Waals surface area contributed by atoms with Crippen molar-refractivity contribution in [1.29, 1.82) is 5.26 Å². The molecule has 96 valence electrons. The second kappa shape index (κ2) is 5.63. The third-order valence-electron chi connectivity index (χ3n) is 2.45. The van der Waals surface area contributed by atoms with E-state index < -0.39 is 0 Å². The highest BCUT2D eigenvalue weighted by Crippen LogP contribution is 2.28. The smallest absolute Gasteiger partial charge is 0.182 e. The lowest BCUT2D eigenvalue weighted by molar-refractivity contribution is 0.627. The van der Waals surface area contributed by atoms with Gasteiger partial charge in [-0.25, -0.2) is 14.4 Å². The Hall–Kier alpha value is -2.20. The first-order valence-electron chi connectivity index (χ1n) is 5.27. The van der Waals surface area contributed by atoms with Gasteiger partial charge in [-0.05, 0) is 18.2 Å². The van der Waals surface area contributed by atoms with Gasteiger partial charge in [-0.1, -0.05) is 15.9 Å². The molecule has 2 aromatic rings. The fourth-order valence-corrected chi connectivity index (χ4v) is 1.87. The van der Waals surface area contributed by atoms with Gasteiger partial charge in [0.15, 0.2) is 6.19 Å². The lowest BCUT2D eigenvalue weighted by Crippen LogP contribution is -2.13. The van der Waals surface area contributed by atoms with Crippen LogP contribution in [0.15, 0.2) is 35.1 Å². The van der Waals surface area contributed by atoms with Crippen molar-refractivity contribution in [1.82, 2.24) is 9.97 Å². The summed E-state index contributed by atoms with van der Waals surface area (Å²) in [6.45, 7) is 0. The molecule has 0 aliphatic carbocycles. The molecule has 0 unspecified atom stereocenters. The van der Waals surface area contributed by atoms with Crippen LogP contribution in [-0.2, 0) is 0 Å². The molecule has 2 rings (SSSR count). The molecule has 0 fully saturated rings. The summed E-state index contributed by atoms with van der Waals surface area (Å²) < 4.78 is 14.5. The first kappa shape index (κ1) is 13.2. The average molecular weight is 322 g/mol. The van der Waals surface area contributed by atoms with E-state index >= 15 is 0 Å². The van der Waals surface area contributed by atoms with Gasteiger partial charge in [0.2, 0.25) is 0 Å². The SMILES string of the molecule is CN(c1cc(NC#N)ncn1)c1cc(Br)ccc1F. The van der Waals surface area contributed by atoms with E-state index in [9.17, 15) is 4.39 Å². The van der Waals surface area contributed by atoms with Crippen LogP contribution in [0, 0.1) is 17.3 Å². The summed E-state index contributed by atoms with van der Waals surface area (Å²) in [6.07, 6.45) is 3.08. The zero-order chi connectivity index (χ0) is 13.8. The van der Waals surface area contributed by atoms with Crippen LogP contribution in [0.3, 0.4) is 0 Å². The lowest BCUT2D eigenvalue weighted by atomic mass is 10.3. The Balaban J connectivity index is 2.38. The average Bonchev–Trinajstić information content (AvgIpc) is 2.41. The molecule has 0 radical (unpaired) electrons. The Kier molecular flexibility index (Phi) is 3.92. The van der Waals surface area contributed by atoms with Crippen molar-refractivity contribution in [3.05, 3.63) is 40.9 Å². The molecule has 0 saturated heterocycles. The number of anilines is 3. The Morgan fingerprint density at radius 2 is 2.16 bits per heavy atom. The molecule has 1 N–H and O–H groups in total. The molecule has 0 saturated carbocycles. The number of halogens is 2. The van der Waals surface area contributed by atoms with Gasteiger partial charge in [0.05, 0.1) is 5.69 Å². The van der Waals surface area contributed by atoms with E-state index in [0.717, 1.165) is 4.47 Å². The van der Waals surface area contributed by atoms with Gasteiger partial charge in [0.25, 0.3) is 0 Å². The van der Waals surface area contributed by atoms with Crippen LogP contribution >= 0.6 is 15.9 Å². The van der Waals surface area contributed by atoms with Crippen LogP contribution in [-0.4, -0.2) is 17.0 Å². The highest BCUT2D eigenvalue weighted by Gasteiger charge is 2.12. The second-order valence-electron chi connectivity index (χ2n) is 3.65. The molecule has 1 aromatic carbocycles. The number of nitrogens with zero attached hydrogens (tertiary/aromatic N) is 4. The fraction of sp³-hybridized carbons (Fsp3) is 0.0833. The van der Waals surface area contributed by atoms with Crippen molar-refractivity contribution in [2.75, 3.05) is 17.3 Å². The van der Waals surface area contributed by atoms with Gasteiger partial charge in [-0.15, -0.1) is 0 Å². The highest BCUT2D eigenvalue weighted by atomic mass is 79.9. The van der Waals surface area contributed by atoms with Crippen molar-refractivity contribution in [2.24, 2.45) is 0 Å². The Morgan fingerprint density at radius 1 is 1.37 bits per heavy atom. The van der Waals surface area contributed by atoms with Crippen LogP contribution in [0.2, 0.25) is 0 Å². The standard InChI is InChI=1S/C12H9BrFN5/c1-19(10-4-8(13)2-3-9(10)14)12-5-11(16-6-15)17-7-18-12/h2-5,7H,1H3,(H,16,17,18). The number of nitriles is 1. The number of aromatic nitrogens is 2. The zero-order valence-electron chi connectivity index (χ0n) is 9.93. The molecule has 7 heteroatoms. The lowest BCUT2D eigenvalue weighted by Gasteiger charge is -2.19. The van der Waals surface area contributed by atoms with Crippen LogP contribution in [0.4, 0.5) is 21.7 Å². The summed E-state index contributed by atoms with van der Waals surface area (Å²) in [4.78, 5) is 9.50. The molecule has 0 amide bonds. The molecule has 0 spiro atoms. The minimum Gasteiger partial charge on any atom is -0.327 e. The summed E-state index contributed by atoms with van der Waals surface area (Å²) in [5, 5.41) is 11.0. The summed E-state index contributed by atoms with van der Waals surface area (Å²) >= 11 is 3.29. The first-order valence-corrected chi connectivity index (χ1v) is 6.07. The predicted octanol–water partition coefficient (Wildman–Crippen LogP) is 3.04. The number of benzene rings is 1. The van der Waals surface area contributed by atoms with Gasteiger partial charge >= 0.3 is 0 Å². The molecular formula is C12H9BrFN5. The van der Waals surface area contributed by atoms with E-state index in [1.807, 2.05) is 0 Å². The highest BCUT2D eigenvalue weighted by molar-refractivity contribution is 9.10. The maximum Gasteiger partial charge on any atom is 0.182 e. The number of hydrogen-bond donors (Lipinski definition) is 1. The number of nitrogens with one attached hydrogen (secondary N) is 1. The monoisotopic (exact) mass is 321 g/mol. The van der Waals surface area contributed by atoms with Crippen molar-refractivity contribution in [3.8, 4) is 6.19 Å². The summed E-state index contributed by atoms with van der Waals surface area (Å²) in [5.41, 5.74) is 0.371. The van der Waals surface area contributed by atoms with E-state index in [4.69, 9.17) is 5.26 Å². The van der Waals surface area contributed by atoms with Crippen LogP contribution < -0.4 is 10.2 Å². The fourth-order valence-electron chi connectivity index (χ4n) is 1.52. The maximum absolute atomic E-state index is 13.8. The van der Waals surface area contributed by atoms with Gasteiger partial charge in [-0.3, -0.25) is 5.32 Å². The Bertz CT molecular complexity index is 640. The maximum atomic E-state index is 13.8. The summed E-state index contributed by atoms with van der Waals surface area (Å²) in [5.74, 6) is 0.471. The molecule has 0 aliphatic rings. The van der Waals surface area contributed by atoms with Gasteiger partial charge < -0.3 is 4.90 Å². The molecule has 0 aliphatic heterocycles. The van der Waals surface area contributed by atoms with Crippen molar-refractivity contribution in [3.63, 3.8) is 0 Å². The molecule has 1 aromatic heterocycles. The molecule has 0 atom stereocenters. The Labute approximate surface area is 117 Å². The largest absolute Gasteiger partial charge is 0.327 e. The molecule has 0 bridgehead atoms. The third-order valence-corrected chi connectivity index (χ3v) is 2.94. The molecule has 19 heavy (non-hydrogen) atoms. The minimum atomic E-state index is -0.362. The van der Waals surface area contributed by atoms with Crippen LogP contribution in [0.5, 0.6) is 0 Å². The molecular weight excluding hydrogens is 313 g/mol. The van der Waals surface area contributed by atoms with Gasteiger partial charge in [-0.2, -0.15) is 5.26 Å². The van der Waals surface area contributed by atoms with Crippen molar-refractivity contribution < 1.29 is 4.39 Å². The predicted molar refractivity (Wildman–Crippen MR) is 73.4 cm³/mol. The number of rotatable bonds is 3. The van der Waals surface area contributed by atoms with Crippen LogP contribution in [0.25, 0.3) is 0 Å². The van der Waals surface area contributed by atoms with E-state index in [2.05, 4.69) is 31.2 Å². The topological polar surface area (TPSA) is 64.8 Å². The van der Waals surface area contributed by atoms with Gasteiger partial charge in [0.1, 0.15) is 23.8 Å².